The number of methoxy groups -OCH3 is 1. The van der Waals surface area contributed by atoms with Crippen molar-refractivity contribution in [3.05, 3.63) is 111 Å². The van der Waals surface area contributed by atoms with Gasteiger partial charge >= 0.3 is 11.9 Å². The molecule has 1 atom stereocenters. The van der Waals surface area contributed by atoms with Gasteiger partial charge in [-0.1, -0.05) is 36.8 Å². The molecule has 9 rings (SSSR count). The van der Waals surface area contributed by atoms with Crippen LogP contribution in [-0.2, 0) is 54.7 Å². The van der Waals surface area contributed by atoms with Crippen LogP contribution in [0.4, 0.5) is 5.82 Å². The number of carbonyl (C=O) groups is 8. The molecule has 0 aliphatic heterocycles. The number of rotatable bonds is 29. The highest BCUT2D eigenvalue weighted by Gasteiger charge is 2.34. The van der Waals surface area contributed by atoms with E-state index in [4.69, 9.17) is 35.4 Å². The number of anilines is 1. The Kier molecular flexibility index (Phi) is 22.1. The van der Waals surface area contributed by atoms with Gasteiger partial charge in [0.1, 0.15) is 65.0 Å². The van der Waals surface area contributed by atoms with Crippen LogP contribution in [0.25, 0.3) is 43.4 Å². The van der Waals surface area contributed by atoms with Crippen molar-refractivity contribution < 1.29 is 53.3 Å². The number of aliphatic carboxylic acids is 2. The highest BCUT2D eigenvalue weighted by molar-refractivity contribution is 7.15. The minimum absolute atomic E-state index is 0.0101. The summed E-state index contributed by atoms with van der Waals surface area (Å²) in [5.41, 5.74) is 9.16. The summed E-state index contributed by atoms with van der Waals surface area (Å²) in [6.07, 6.45) is 4.54. The summed E-state index contributed by atoms with van der Waals surface area (Å²) in [4.78, 5) is 139. The predicted octanol–water partition coefficient (Wildman–Crippen LogP) is 8.35. The van der Waals surface area contributed by atoms with E-state index < -0.39 is 65.9 Å². The molecule has 7 aromatic heterocycles. The first-order valence-electron chi connectivity index (χ1n) is 27.9. The van der Waals surface area contributed by atoms with Crippen LogP contribution in [0.15, 0.2) is 64.0 Å². The van der Waals surface area contributed by atoms with E-state index in [1.54, 1.807) is 40.0 Å². The fourth-order valence-corrected chi connectivity index (χ4v) is 14.8. The first-order valence-corrected chi connectivity index (χ1v) is 33.0. The number of carbonyl (C=O) groups excluding carboxylic acids is 6. The molecule has 1 fully saturated rings. The molecule has 0 bridgehead atoms. The molecule has 0 saturated heterocycles. The van der Waals surface area contributed by atoms with Gasteiger partial charge in [0, 0.05) is 71.4 Å². The number of hydrogen-bond donors (Lipinski definition) is 7. The van der Waals surface area contributed by atoms with Gasteiger partial charge in [-0.25, -0.2) is 34.9 Å². The number of pyridine rings is 1. The maximum atomic E-state index is 14.3. The first-order chi connectivity index (χ1) is 42.4. The number of carboxylic acids is 2. The van der Waals surface area contributed by atoms with Crippen LogP contribution >= 0.6 is 68.0 Å². The molecular formula is C58H61N13O11S6. The number of amides is 6. The van der Waals surface area contributed by atoms with Gasteiger partial charge in [0.25, 0.3) is 17.7 Å². The maximum Gasteiger partial charge on any atom is 0.306 e. The van der Waals surface area contributed by atoms with Crippen molar-refractivity contribution in [2.75, 3.05) is 32.1 Å². The van der Waals surface area contributed by atoms with E-state index in [9.17, 15) is 48.6 Å². The summed E-state index contributed by atoms with van der Waals surface area (Å²) < 4.78 is 5.23. The largest absolute Gasteiger partial charge is 0.481 e. The standard InChI is InChI=1S/C58H61N13O11S6/c1-30-47(51(77)62-24-45-69-49(40(88-45)25-82-3)52(78)61-23-41(59)72)70-56(87-30)36(22-43(73)60-2)65-50(76)38-27-84-53(67-38)34-18-19-35(64-48(34)37-26-85-55(66-37)39-28-83-44(63-39)20-13-31-10-6-4-7-11-31)54-68-42(29-86-54)71(21-9-5-8-12-46(74)75)57(79)32-14-16-33(17-15-32)58(80)81/h4,6-7,10-11,18-19,26-29,32-33,36H,5,8-9,12-17,20-25H2,1-3H3,(H2,59,72)(H,60,73)(H,61,78)(H,62,77)(H,65,76)(H,74,75)(H,80,81)/t32-,33-,36-/m0/s1. The summed E-state index contributed by atoms with van der Waals surface area (Å²) in [7, 11) is 2.91. The highest BCUT2D eigenvalue weighted by atomic mass is 32.1. The molecule has 1 saturated carbocycles. The number of hydrogen-bond acceptors (Lipinski definition) is 22. The molecule has 24 nitrogen and oxygen atoms in total. The number of nitrogens with zero attached hydrogens (tertiary/aromatic N) is 8. The highest BCUT2D eigenvalue weighted by Crippen LogP contribution is 2.40. The monoisotopic (exact) mass is 1310 g/mol. The number of ether oxygens (including phenoxy) is 1. The second-order valence-corrected chi connectivity index (χ2v) is 26.3. The average Bonchev–Trinajstić information content (AvgIpc) is 4.37. The van der Waals surface area contributed by atoms with E-state index >= 15 is 0 Å². The number of primary amides is 1. The SMILES string of the molecule is CNC(=O)C[C@H](NC(=O)c1csc(-c2ccc(-c3nc(N(CCCCCC(=O)O)C(=O)[C@H]4CC[C@H](C(=O)O)CC4)cs3)nc2-c2csc(-c3csc(CCc4ccccc4)n3)n2)n1)c1nc(C(=O)NCc2nc(C(=O)NCC(N)=O)c(COC)s2)c(C)s1. The van der Waals surface area contributed by atoms with Gasteiger partial charge in [0.05, 0.1) is 53.7 Å². The summed E-state index contributed by atoms with van der Waals surface area (Å²) in [6.45, 7) is 1.55. The van der Waals surface area contributed by atoms with Crippen molar-refractivity contribution in [2.45, 2.75) is 96.7 Å². The van der Waals surface area contributed by atoms with Crippen molar-refractivity contribution in [1.82, 2.24) is 56.2 Å². The zero-order valence-electron chi connectivity index (χ0n) is 47.9. The molecular weight excluding hydrogens is 1250 g/mol. The van der Waals surface area contributed by atoms with E-state index in [0.717, 1.165) is 40.5 Å². The summed E-state index contributed by atoms with van der Waals surface area (Å²) >= 11 is 7.70. The van der Waals surface area contributed by atoms with Crippen molar-refractivity contribution in [3.8, 4) is 43.4 Å². The van der Waals surface area contributed by atoms with Crippen LogP contribution in [0.3, 0.4) is 0 Å². The Morgan fingerprint density at radius 3 is 2.17 bits per heavy atom. The molecule has 0 spiro atoms. The summed E-state index contributed by atoms with van der Waals surface area (Å²) in [6, 6.07) is 12.8. The fraction of sp³-hybridized carbons (Fsp3) is 0.362. The Hall–Kier alpha value is -8.13. The molecule has 1 aliphatic rings. The molecule has 6 amide bonds. The van der Waals surface area contributed by atoms with Gasteiger partial charge in [-0.3, -0.25) is 43.3 Å². The molecule has 30 heteroatoms. The van der Waals surface area contributed by atoms with Crippen molar-refractivity contribution >= 4 is 121 Å². The number of thiazole rings is 6. The Morgan fingerprint density at radius 2 is 1.43 bits per heavy atom. The smallest absolute Gasteiger partial charge is 0.306 e. The molecule has 8 aromatic rings. The Labute approximate surface area is 528 Å². The molecule has 0 radical (unpaired) electrons. The number of nitrogens with two attached hydrogens (primary N) is 1. The molecule has 8 N–H and O–H groups in total. The van der Waals surface area contributed by atoms with Crippen LogP contribution in [0.1, 0.15) is 126 Å². The Balaban J connectivity index is 0.974. The number of aromatic nitrogens is 7. The van der Waals surface area contributed by atoms with Crippen molar-refractivity contribution in [3.63, 3.8) is 0 Å². The molecule has 7 heterocycles. The number of carboxylic acid groups (broad SMARTS) is 2. The summed E-state index contributed by atoms with van der Waals surface area (Å²) in [5, 5.41) is 40.0. The lowest BCUT2D eigenvalue weighted by Crippen LogP contribution is -2.39. The van der Waals surface area contributed by atoms with Crippen molar-refractivity contribution in [1.29, 1.82) is 0 Å². The number of nitrogens with one attached hydrogen (secondary N) is 4. The third kappa shape index (κ3) is 16.5. The van der Waals surface area contributed by atoms with E-state index in [-0.39, 0.29) is 54.0 Å². The lowest BCUT2D eigenvalue weighted by molar-refractivity contribution is -0.144. The number of aryl methyl sites for hydroxylation is 3. The van der Waals surface area contributed by atoms with Gasteiger partial charge in [0.15, 0.2) is 0 Å². The second kappa shape index (κ2) is 30.2. The zero-order chi connectivity index (χ0) is 62.4. The van der Waals surface area contributed by atoms with Crippen LogP contribution in [0.5, 0.6) is 0 Å². The van der Waals surface area contributed by atoms with Crippen LogP contribution in [0, 0.1) is 18.8 Å². The topological polar surface area (TPSA) is 354 Å². The Bertz CT molecular complexity index is 3830. The van der Waals surface area contributed by atoms with Crippen molar-refractivity contribution in [2.24, 2.45) is 17.6 Å². The van der Waals surface area contributed by atoms with E-state index in [0.29, 0.717) is 115 Å². The van der Waals surface area contributed by atoms with E-state index in [1.165, 1.54) is 53.7 Å². The van der Waals surface area contributed by atoms with Gasteiger partial charge < -0.3 is 42.0 Å². The van der Waals surface area contributed by atoms with Crippen LogP contribution < -0.4 is 31.9 Å². The van der Waals surface area contributed by atoms with Gasteiger partial charge in [-0.2, -0.15) is 0 Å². The third-order valence-corrected chi connectivity index (χ3v) is 19.8. The van der Waals surface area contributed by atoms with Gasteiger partial charge in [-0.15, -0.1) is 68.0 Å². The van der Waals surface area contributed by atoms with Crippen LogP contribution in [0.2, 0.25) is 0 Å². The molecule has 460 valence electrons. The lowest BCUT2D eigenvalue weighted by Gasteiger charge is -2.30. The molecule has 1 aliphatic carbocycles. The fourth-order valence-electron chi connectivity index (χ4n) is 9.61. The van der Waals surface area contributed by atoms with E-state index in [2.05, 4.69) is 43.4 Å². The average molecular weight is 1310 g/mol. The number of benzene rings is 1. The van der Waals surface area contributed by atoms with E-state index in [1.807, 2.05) is 35.0 Å². The Morgan fingerprint density at radius 1 is 0.705 bits per heavy atom. The van der Waals surface area contributed by atoms with Gasteiger partial charge in [-0.05, 0) is 69.6 Å². The molecule has 1 aromatic carbocycles. The normalized spacial score (nSPS) is 14.2. The maximum absolute atomic E-state index is 14.3. The predicted molar refractivity (Wildman–Crippen MR) is 335 cm³/mol. The number of unbranched alkanes of at least 4 members (excludes halogenated alkanes) is 2. The van der Waals surface area contributed by atoms with Gasteiger partial charge in [0.2, 0.25) is 17.7 Å². The second-order valence-electron chi connectivity index (χ2n) is 20.4. The quantitative estimate of drug-likeness (QED) is 0.0216. The minimum Gasteiger partial charge on any atom is -0.481 e. The first kappa shape index (κ1) is 64.3. The third-order valence-electron chi connectivity index (χ3n) is 14.2. The summed E-state index contributed by atoms with van der Waals surface area (Å²) in [5.74, 6) is -5.38. The molecule has 88 heavy (non-hydrogen) atoms. The molecule has 0 unspecified atom stereocenters. The minimum atomic E-state index is -0.993. The zero-order valence-corrected chi connectivity index (χ0v) is 52.8. The van der Waals surface area contributed by atoms with Crippen LogP contribution in [-0.4, -0.2) is 120 Å². The lowest BCUT2D eigenvalue weighted by atomic mass is 9.81.